The van der Waals surface area contributed by atoms with Crippen molar-refractivity contribution >= 4 is 5.91 Å². The molecule has 0 saturated carbocycles. The van der Waals surface area contributed by atoms with Crippen molar-refractivity contribution in [3.8, 4) is 0 Å². The highest BCUT2D eigenvalue weighted by atomic mass is 16.1. The summed E-state index contributed by atoms with van der Waals surface area (Å²) >= 11 is 0. The molecule has 110 valence electrons. The lowest BCUT2D eigenvalue weighted by Gasteiger charge is -2.23. The molecule has 1 aliphatic rings. The van der Waals surface area contributed by atoms with Crippen LogP contribution in [0.25, 0.3) is 0 Å². The van der Waals surface area contributed by atoms with Crippen LogP contribution in [0.2, 0.25) is 0 Å². The largest absolute Gasteiger partial charge is 0.354 e. The van der Waals surface area contributed by atoms with Gasteiger partial charge in [0.2, 0.25) is 5.91 Å². The van der Waals surface area contributed by atoms with E-state index in [1.54, 1.807) is 0 Å². The summed E-state index contributed by atoms with van der Waals surface area (Å²) in [6.07, 6.45) is 6.25. The van der Waals surface area contributed by atoms with Crippen molar-refractivity contribution in [2.75, 3.05) is 6.54 Å². The quantitative estimate of drug-likeness (QED) is 0.837. The van der Waals surface area contributed by atoms with Gasteiger partial charge in [-0.3, -0.25) is 4.79 Å². The van der Waals surface area contributed by atoms with Crippen LogP contribution in [0.1, 0.15) is 44.6 Å². The maximum absolute atomic E-state index is 12.0. The van der Waals surface area contributed by atoms with Crippen LogP contribution in [-0.4, -0.2) is 24.5 Å². The first-order valence-electron chi connectivity index (χ1n) is 7.80. The van der Waals surface area contributed by atoms with E-state index in [4.69, 9.17) is 0 Å². The van der Waals surface area contributed by atoms with Crippen LogP contribution in [0.3, 0.4) is 0 Å². The molecule has 2 atom stereocenters. The van der Waals surface area contributed by atoms with Gasteiger partial charge in [0, 0.05) is 18.5 Å². The van der Waals surface area contributed by atoms with Crippen LogP contribution in [-0.2, 0) is 11.2 Å². The topological polar surface area (TPSA) is 41.1 Å². The van der Waals surface area contributed by atoms with Crippen molar-refractivity contribution in [1.29, 1.82) is 0 Å². The normalized spacial score (nSPS) is 20.4. The first-order chi connectivity index (χ1) is 9.74. The average Bonchev–Trinajstić information content (AvgIpc) is 2.47. The Balaban J connectivity index is 1.65. The van der Waals surface area contributed by atoms with Crippen LogP contribution in [0.4, 0.5) is 0 Å². The Hall–Kier alpha value is -1.35. The van der Waals surface area contributed by atoms with Gasteiger partial charge in [0.15, 0.2) is 0 Å². The molecule has 1 saturated heterocycles. The van der Waals surface area contributed by atoms with E-state index in [-0.39, 0.29) is 11.9 Å². The number of rotatable bonds is 6. The number of carbonyl (C=O) groups excluding carboxylic acids is 1. The van der Waals surface area contributed by atoms with Crippen LogP contribution < -0.4 is 10.6 Å². The zero-order valence-electron chi connectivity index (χ0n) is 12.4. The second-order valence-electron chi connectivity index (χ2n) is 5.84. The molecular formula is C17H26N2O. The fourth-order valence-corrected chi connectivity index (χ4v) is 2.76. The smallest absolute Gasteiger partial charge is 0.221 e. The molecule has 3 nitrogen and oxygen atoms in total. The number of benzene rings is 1. The first-order valence-corrected chi connectivity index (χ1v) is 7.80. The van der Waals surface area contributed by atoms with E-state index >= 15 is 0 Å². The molecule has 1 amide bonds. The number of amides is 1. The number of aryl methyl sites for hydroxylation is 1. The van der Waals surface area contributed by atoms with Gasteiger partial charge in [-0.05, 0) is 44.7 Å². The number of hydrogen-bond acceptors (Lipinski definition) is 2. The predicted molar refractivity (Wildman–Crippen MR) is 82.6 cm³/mol. The third-order valence-corrected chi connectivity index (χ3v) is 3.96. The minimum Gasteiger partial charge on any atom is -0.354 e. The zero-order valence-corrected chi connectivity index (χ0v) is 12.4. The van der Waals surface area contributed by atoms with E-state index in [2.05, 4.69) is 41.8 Å². The molecule has 1 aromatic carbocycles. The van der Waals surface area contributed by atoms with Crippen LogP contribution >= 0.6 is 0 Å². The van der Waals surface area contributed by atoms with Crippen molar-refractivity contribution in [3.05, 3.63) is 35.9 Å². The average molecular weight is 274 g/mol. The maximum atomic E-state index is 12.0. The van der Waals surface area contributed by atoms with Crippen LogP contribution in [0, 0.1) is 0 Å². The molecule has 1 heterocycles. The van der Waals surface area contributed by atoms with Gasteiger partial charge in [-0.1, -0.05) is 36.8 Å². The highest BCUT2D eigenvalue weighted by Gasteiger charge is 2.17. The maximum Gasteiger partial charge on any atom is 0.221 e. The highest BCUT2D eigenvalue weighted by molar-refractivity contribution is 5.76. The van der Waals surface area contributed by atoms with Gasteiger partial charge in [-0.25, -0.2) is 0 Å². The van der Waals surface area contributed by atoms with E-state index in [0.717, 1.165) is 25.8 Å². The van der Waals surface area contributed by atoms with E-state index in [1.807, 2.05) is 6.07 Å². The summed E-state index contributed by atoms with van der Waals surface area (Å²) in [6, 6.07) is 11.1. The molecule has 20 heavy (non-hydrogen) atoms. The Kier molecular flexibility index (Phi) is 6.06. The molecule has 0 spiro atoms. The monoisotopic (exact) mass is 274 g/mol. The van der Waals surface area contributed by atoms with Crippen molar-refractivity contribution in [2.45, 2.75) is 57.5 Å². The third-order valence-electron chi connectivity index (χ3n) is 3.96. The molecule has 2 N–H and O–H groups in total. The molecule has 0 radical (unpaired) electrons. The van der Waals surface area contributed by atoms with E-state index < -0.39 is 0 Å². The lowest BCUT2D eigenvalue weighted by Crippen LogP contribution is -2.41. The fraction of sp³-hybridized carbons (Fsp3) is 0.588. The molecule has 0 aromatic heterocycles. The van der Waals surface area contributed by atoms with Crippen molar-refractivity contribution < 1.29 is 4.79 Å². The van der Waals surface area contributed by atoms with Gasteiger partial charge >= 0.3 is 0 Å². The fourth-order valence-electron chi connectivity index (χ4n) is 2.76. The summed E-state index contributed by atoms with van der Waals surface area (Å²) in [5.41, 5.74) is 1.34. The van der Waals surface area contributed by atoms with Gasteiger partial charge in [0.1, 0.15) is 0 Å². The zero-order chi connectivity index (χ0) is 14.2. The van der Waals surface area contributed by atoms with E-state index in [1.165, 1.54) is 18.4 Å². The molecule has 1 aromatic rings. The molecule has 3 heteroatoms. The Morgan fingerprint density at radius 3 is 2.85 bits per heavy atom. The lowest BCUT2D eigenvalue weighted by atomic mass is 10.0. The summed E-state index contributed by atoms with van der Waals surface area (Å²) in [6.45, 7) is 3.15. The SMILES string of the molecule is CC(CCc1ccccc1)NC(=O)CC1CCCCN1. The minimum absolute atomic E-state index is 0.185. The molecule has 1 aliphatic heterocycles. The van der Waals surface area contributed by atoms with E-state index in [0.29, 0.717) is 12.5 Å². The number of nitrogens with one attached hydrogen (secondary N) is 2. The standard InChI is InChI=1S/C17H26N2O/c1-14(10-11-15-7-3-2-4-8-15)19-17(20)13-16-9-5-6-12-18-16/h2-4,7-8,14,16,18H,5-6,9-13H2,1H3,(H,19,20). The second kappa shape index (κ2) is 8.05. The van der Waals surface area contributed by atoms with Crippen molar-refractivity contribution in [3.63, 3.8) is 0 Å². The van der Waals surface area contributed by atoms with Crippen molar-refractivity contribution in [1.82, 2.24) is 10.6 Å². The van der Waals surface area contributed by atoms with Crippen LogP contribution in [0.15, 0.2) is 30.3 Å². The molecule has 0 aliphatic carbocycles. The molecular weight excluding hydrogens is 248 g/mol. The predicted octanol–water partition coefficient (Wildman–Crippen LogP) is 2.66. The van der Waals surface area contributed by atoms with Gasteiger partial charge in [0.05, 0.1) is 0 Å². The second-order valence-corrected chi connectivity index (χ2v) is 5.84. The molecule has 2 unspecified atom stereocenters. The minimum atomic E-state index is 0.185. The van der Waals surface area contributed by atoms with Gasteiger partial charge in [-0.15, -0.1) is 0 Å². The highest BCUT2D eigenvalue weighted by Crippen LogP contribution is 2.10. The van der Waals surface area contributed by atoms with Gasteiger partial charge in [-0.2, -0.15) is 0 Å². The summed E-state index contributed by atoms with van der Waals surface area (Å²) in [4.78, 5) is 12.0. The van der Waals surface area contributed by atoms with Crippen LogP contribution in [0.5, 0.6) is 0 Å². The molecule has 0 bridgehead atoms. The Morgan fingerprint density at radius 1 is 1.35 bits per heavy atom. The Morgan fingerprint density at radius 2 is 2.15 bits per heavy atom. The summed E-state index contributed by atoms with van der Waals surface area (Å²) < 4.78 is 0. The summed E-state index contributed by atoms with van der Waals surface area (Å²) in [7, 11) is 0. The molecule has 1 fully saturated rings. The number of carbonyl (C=O) groups is 1. The van der Waals surface area contributed by atoms with E-state index in [9.17, 15) is 4.79 Å². The number of piperidine rings is 1. The Bertz CT molecular complexity index is 399. The van der Waals surface area contributed by atoms with Gasteiger partial charge in [0.25, 0.3) is 0 Å². The lowest BCUT2D eigenvalue weighted by molar-refractivity contribution is -0.122. The summed E-state index contributed by atoms with van der Waals surface area (Å²) in [5, 5.41) is 6.54. The van der Waals surface area contributed by atoms with Gasteiger partial charge < -0.3 is 10.6 Å². The Labute approximate surface area is 122 Å². The van der Waals surface area contributed by atoms with Crippen molar-refractivity contribution in [2.24, 2.45) is 0 Å². The molecule has 2 rings (SSSR count). The summed E-state index contributed by atoms with van der Waals surface area (Å²) in [5.74, 6) is 0.185. The first kappa shape index (κ1) is 15.0. The third kappa shape index (κ3) is 5.33. The number of hydrogen-bond donors (Lipinski definition) is 2.